The summed E-state index contributed by atoms with van der Waals surface area (Å²) < 4.78 is 7.63. The van der Waals surface area contributed by atoms with Gasteiger partial charge in [-0.3, -0.25) is 9.48 Å². The predicted octanol–water partition coefficient (Wildman–Crippen LogP) is 2.21. The molecule has 2 atom stereocenters. The van der Waals surface area contributed by atoms with Crippen molar-refractivity contribution >= 4 is 5.91 Å². The van der Waals surface area contributed by atoms with Gasteiger partial charge in [-0.15, -0.1) is 0 Å². The van der Waals surface area contributed by atoms with Crippen molar-refractivity contribution in [2.75, 3.05) is 6.54 Å². The lowest BCUT2D eigenvalue weighted by atomic mass is 9.91. The third-order valence-corrected chi connectivity index (χ3v) is 6.01. The first-order valence-corrected chi connectivity index (χ1v) is 9.69. The van der Waals surface area contributed by atoms with E-state index in [4.69, 9.17) is 4.74 Å². The van der Waals surface area contributed by atoms with Crippen LogP contribution in [0.5, 0.6) is 0 Å². The molecule has 1 aromatic heterocycles. The van der Waals surface area contributed by atoms with E-state index in [9.17, 15) is 9.90 Å². The zero-order valence-corrected chi connectivity index (χ0v) is 15.4. The highest BCUT2D eigenvalue weighted by molar-refractivity contribution is 5.94. The minimum Gasteiger partial charge on any atom is -0.387 e. The lowest BCUT2D eigenvalue weighted by Gasteiger charge is -2.29. The summed E-state index contributed by atoms with van der Waals surface area (Å²) in [5.41, 5.74) is 1.82. The first-order valence-electron chi connectivity index (χ1n) is 9.69. The van der Waals surface area contributed by atoms with E-state index in [1.54, 1.807) is 4.68 Å². The Labute approximate surface area is 148 Å². The van der Waals surface area contributed by atoms with E-state index in [2.05, 4.69) is 10.4 Å². The van der Waals surface area contributed by atoms with Crippen LogP contribution in [-0.4, -0.2) is 39.0 Å². The average Bonchev–Trinajstić information content (AvgIpc) is 3.46. The monoisotopic (exact) mass is 347 g/mol. The molecule has 6 nitrogen and oxygen atoms in total. The van der Waals surface area contributed by atoms with Crippen molar-refractivity contribution < 1.29 is 14.6 Å². The van der Waals surface area contributed by atoms with Gasteiger partial charge in [-0.05, 0) is 58.3 Å². The highest BCUT2D eigenvalue weighted by Crippen LogP contribution is 2.51. The summed E-state index contributed by atoms with van der Waals surface area (Å²) in [5.74, 6) is 0.606. The molecule has 2 heterocycles. The Morgan fingerprint density at radius 2 is 1.96 bits per heavy atom. The molecule has 0 saturated heterocycles. The Kier molecular flexibility index (Phi) is 4.15. The van der Waals surface area contributed by atoms with Crippen LogP contribution in [0.1, 0.15) is 74.3 Å². The molecule has 2 fully saturated rings. The highest BCUT2D eigenvalue weighted by atomic mass is 16.5. The molecule has 2 N–H and O–H groups in total. The van der Waals surface area contributed by atoms with Crippen LogP contribution >= 0.6 is 0 Å². The van der Waals surface area contributed by atoms with E-state index < -0.39 is 5.60 Å². The second-order valence-corrected chi connectivity index (χ2v) is 8.04. The first kappa shape index (κ1) is 17.0. The van der Waals surface area contributed by atoms with Crippen LogP contribution in [0.15, 0.2) is 0 Å². The molecule has 2 aliphatic carbocycles. The number of aromatic nitrogens is 2. The number of carbonyl (C=O) groups excluding carboxylic acids is 1. The van der Waals surface area contributed by atoms with Crippen molar-refractivity contribution in [2.45, 2.75) is 77.2 Å². The van der Waals surface area contributed by atoms with Gasteiger partial charge in [0.1, 0.15) is 5.69 Å². The number of nitrogens with one attached hydrogen (secondary N) is 1. The lowest BCUT2D eigenvalue weighted by Crippen LogP contribution is -2.47. The number of hydrogen-bond donors (Lipinski definition) is 2. The van der Waals surface area contributed by atoms with E-state index in [-0.39, 0.29) is 18.1 Å². The smallest absolute Gasteiger partial charge is 0.269 e. The summed E-state index contributed by atoms with van der Waals surface area (Å²) in [6.45, 7) is 7.01. The van der Waals surface area contributed by atoms with Crippen molar-refractivity contribution in [3.63, 3.8) is 0 Å². The Hall–Kier alpha value is -1.40. The molecule has 0 bridgehead atoms. The molecule has 6 heteroatoms. The normalized spacial score (nSPS) is 26.4. The van der Waals surface area contributed by atoms with E-state index in [0.717, 1.165) is 36.9 Å². The molecule has 0 aromatic carbocycles. The van der Waals surface area contributed by atoms with E-state index in [1.165, 1.54) is 0 Å². The molecule has 25 heavy (non-hydrogen) atoms. The van der Waals surface area contributed by atoms with Crippen LogP contribution in [-0.2, 0) is 17.7 Å². The van der Waals surface area contributed by atoms with Crippen LogP contribution in [0.4, 0.5) is 0 Å². The minimum atomic E-state index is -0.712. The predicted molar refractivity (Wildman–Crippen MR) is 93.3 cm³/mol. The van der Waals surface area contributed by atoms with Gasteiger partial charge in [0.25, 0.3) is 5.91 Å². The van der Waals surface area contributed by atoms with E-state index >= 15 is 0 Å². The summed E-state index contributed by atoms with van der Waals surface area (Å²) in [6.07, 6.45) is 5.02. The molecule has 3 aliphatic rings. The number of amides is 1. The molecule has 1 aromatic rings. The van der Waals surface area contributed by atoms with Gasteiger partial charge in [-0.25, -0.2) is 0 Å². The van der Waals surface area contributed by atoms with Gasteiger partial charge >= 0.3 is 0 Å². The van der Waals surface area contributed by atoms with Crippen LogP contribution in [0.3, 0.4) is 0 Å². The summed E-state index contributed by atoms with van der Waals surface area (Å²) in [5, 5.41) is 18.7. The van der Waals surface area contributed by atoms with Crippen LogP contribution < -0.4 is 5.32 Å². The SMILES string of the molecule is CCn1nc2c(c1C(=O)NCC(O)(C1CC1)C1CC1)C[C@H](C)O[C@@H]2C. The van der Waals surface area contributed by atoms with Gasteiger partial charge < -0.3 is 15.2 Å². The Morgan fingerprint density at radius 1 is 1.32 bits per heavy atom. The Morgan fingerprint density at radius 3 is 2.52 bits per heavy atom. The third-order valence-electron chi connectivity index (χ3n) is 6.01. The molecule has 0 unspecified atom stereocenters. The van der Waals surface area contributed by atoms with Gasteiger partial charge in [0.15, 0.2) is 0 Å². The van der Waals surface area contributed by atoms with Crippen molar-refractivity contribution in [1.82, 2.24) is 15.1 Å². The highest BCUT2D eigenvalue weighted by Gasteiger charge is 2.53. The number of aliphatic hydroxyl groups is 1. The van der Waals surface area contributed by atoms with Crippen molar-refractivity contribution in [2.24, 2.45) is 11.8 Å². The maximum atomic E-state index is 13.0. The number of rotatable bonds is 6. The lowest BCUT2D eigenvalue weighted by molar-refractivity contribution is -0.00741. The summed E-state index contributed by atoms with van der Waals surface area (Å²) in [7, 11) is 0. The van der Waals surface area contributed by atoms with Gasteiger partial charge in [-0.1, -0.05) is 0 Å². The fourth-order valence-corrected chi connectivity index (χ4v) is 4.37. The maximum Gasteiger partial charge on any atom is 0.269 e. The molecular weight excluding hydrogens is 318 g/mol. The summed E-state index contributed by atoms with van der Waals surface area (Å²) in [4.78, 5) is 13.0. The number of fused-ring (bicyclic) bond motifs is 1. The quantitative estimate of drug-likeness (QED) is 0.827. The second kappa shape index (κ2) is 6.09. The number of carbonyl (C=O) groups is 1. The topological polar surface area (TPSA) is 76.4 Å². The maximum absolute atomic E-state index is 13.0. The van der Waals surface area contributed by atoms with Crippen LogP contribution in [0, 0.1) is 11.8 Å². The summed E-state index contributed by atoms with van der Waals surface area (Å²) in [6, 6.07) is 0. The van der Waals surface area contributed by atoms with Gasteiger partial charge in [0.2, 0.25) is 0 Å². The van der Waals surface area contributed by atoms with Crippen molar-refractivity contribution in [1.29, 1.82) is 0 Å². The zero-order chi connectivity index (χ0) is 17.8. The van der Waals surface area contributed by atoms with Crippen molar-refractivity contribution in [3.8, 4) is 0 Å². The fourth-order valence-electron chi connectivity index (χ4n) is 4.37. The molecular formula is C19H29N3O3. The van der Waals surface area contributed by atoms with Crippen LogP contribution in [0.2, 0.25) is 0 Å². The largest absolute Gasteiger partial charge is 0.387 e. The fraction of sp³-hybridized carbons (Fsp3) is 0.789. The number of nitrogens with zero attached hydrogens (tertiary/aromatic N) is 2. The third kappa shape index (κ3) is 2.99. The van der Waals surface area contributed by atoms with E-state index in [0.29, 0.717) is 37.0 Å². The molecule has 1 aliphatic heterocycles. The van der Waals surface area contributed by atoms with Gasteiger partial charge in [0.05, 0.1) is 23.5 Å². The molecule has 2 saturated carbocycles. The van der Waals surface area contributed by atoms with E-state index in [1.807, 2.05) is 20.8 Å². The number of hydrogen-bond acceptors (Lipinski definition) is 4. The number of aryl methyl sites for hydroxylation is 1. The zero-order valence-electron chi connectivity index (χ0n) is 15.4. The standard InChI is InChI=1S/C19H29N3O3/c1-4-22-17(15-9-11(2)25-12(3)16(15)21-22)18(23)20-10-19(24,13-5-6-13)14-7-8-14/h11-14,24H,4-10H2,1-3H3,(H,20,23)/t11-,12+/m0/s1. The second-order valence-electron chi connectivity index (χ2n) is 8.04. The Bertz CT molecular complexity index is 664. The molecule has 138 valence electrons. The minimum absolute atomic E-state index is 0.0819. The molecule has 4 rings (SSSR count). The van der Waals surface area contributed by atoms with Crippen LogP contribution in [0.25, 0.3) is 0 Å². The summed E-state index contributed by atoms with van der Waals surface area (Å²) >= 11 is 0. The first-order chi connectivity index (χ1) is 11.9. The molecule has 0 spiro atoms. The van der Waals surface area contributed by atoms with Crippen molar-refractivity contribution in [3.05, 3.63) is 17.0 Å². The van der Waals surface area contributed by atoms with Gasteiger partial charge in [0, 0.05) is 25.1 Å². The van der Waals surface area contributed by atoms with Gasteiger partial charge in [-0.2, -0.15) is 5.10 Å². The Balaban J connectivity index is 1.55. The number of ether oxygens (including phenoxy) is 1. The molecule has 0 radical (unpaired) electrons. The average molecular weight is 347 g/mol. The molecule has 1 amide bonds.